The number of rotatable bonds is 6. The molecule has 0 amide bonds. The van der Waals surface area contributed by atoms with Crippen LogP contribution in [-0.2, 0) is 6.54 Å². The summed E-state index contributed by atoms with van der Waals surface area (Å²) in [4.78, 5) is 4.25. The van der Waals surface area contributed by atoms with Gasteiger partial charge in [-0.1, -0.05) is 0 Å². The van der Waals surface area contributed by atoms with E-state index in [0.29, 0.717) is 0 Å². The topological polar surface area (TPSA) is 48.3 Å². The maximum absolute atomic E-state index is 5.48. The Morgan fingerprint density at radius 1 is 1.30 bits per heavy atom. The highest BCUT2D eigenvalue weighted by atomic mass is 16.5. The molecule has 1 unspecified atom stereocenters. The lowest BCUT2D eigenvalue weighted by Gasteiger charge is -2.21. The number of hydrogen-bond acceptors (Lipinski definition) is 4. The highest BCUT2D eigenvalue weighted by Gasteiger charge is 2.16. The third-order valence-electron chi connectivity index (χ3n) is 3.47. The first-order valence-electron chi connectivity index (χ1n) is 6.56. The first kappa shape index (κ1) is 14.4. The van der Waals surface area contributed by atoms with Gasteiger partial charge in [0.25, 0.3) is 0 Å². The van der Waals surface area contributed by atoms with Crippen LogP contribution in [0.15, 0.2) is 30.6 Å². The van der Waals surface area contributed by atoms with E-state index >= 15 is 0 Å². The van der Waals surface area contributed by atoms with Crippen LogP contribution in [0.3, 0.4) is 0 Å². The number of nitrogens with one attached hydrogen (secondary N) is 1. The Kier molecular flexibility index (Phi) is 4.63. The smallest absolute Gasteiger partial charge is 0.127 e. The molecule has 0 aliphatic carbocycles. The molecule has 1 atom stereocenters. The van der Waals surface area contributed by atoms with Crippen LogP contribution in [0.2, 0.25) is 0 Å². The van der Waals surface area contributed by atoms with Crippen LogP contribution in [0, 0.1) is 6.92 Å². The van der Waals surface area contributed by atoms with E-state index in [1.807, 2.05) is 44.6 Å². The quantitative estimate of drug-likeness (QED) is 0.877. The Balaban J connectivity index is 2.29. The Morgan fingerprint density at radius 3 is 2.65 bits per heavy atom. The monoisotopic (exact) mass is 275 g/mol. The summed E-state index contributed by atoms with van der Waals surface area (Å²) < 4.78 is 12.8. The molecule has 0 saturated heterocycles. The van der Waals surface area contributed by atoms with Crippen LogP contribution in [0.5, 0.6) is 11.5 Å². The summed E-state index contributed by atoms with van der Waals surface area (Å²) in [5, 5.41) is 3.33. The van der Waals surface area contributed by atoms with E-state index < -0.39 is 0 Å². The molecule has 1 aromatic carbocycles. The number of benzene rings is 1. The number of nitrogens with zero attached hydrogens (tertiary/aromatic N) is 2. The fourth-order valence-electron chi connectivity index (χ4n) is 2.24. The van der Waals surface area contributed by atoms with Crippen molar-refractivity contribution in [2.24, 2.45) is 0 Å². The summed E-state index contributed by atoms with van der Waals surface area (Å²) in [6, 6.07) is 6.03. The maximum Gasteiger partial charge on any atom is 0.127 e. The highest BCUT2D eigenvalue weighted by molar-refractivity contribution is 5.42. The molecule has 2 aromatic rings. The van der Waals surface area contributed by atoms with Gasteiger partial charge >= 0.3 is 0 Å². The second kappa shape index (κ2) is 6.43. The molecule has 0 spiro atoms. The number of imidazole rings is 1. The summed E-state index contributed by atoms with van der Waals surface area (Å²) in [6.07, 6.45) is 3.79. The Labute approximate surface area is 119 Å². The Bertz CT molecular complexity index is 566. The minimum atomic E-state index is 0.142. The van der Waals surface area contributed by atoms with Crippen molar-refractivity contribution in [3.63, 3.8) is 0 Å². The number of aryl methyl sites for hydroxylation is 1. The lowest BCUT2D eigenvalue weighted by molar-refractivity contribution is 0.381. The Morgan fingerprint density at radius 2 is 2.10 bits per heavy atom. The fraction of sp³-hybridized carbons (Fsp3) is 0.400. The summed E-state index contributed by atoms with van der Waals surface area (Å²) in [5.41, 5.74) is 1.10. The Hall–Kier alpha value is -2.01. The van der Waals surface area contributed by atoms with E-state index in [1.54, 1.807) is 14.2 Å². The van der Waals surface area contributed by atoms with Crippen molar-refractivity contribution in [1.82, 2.24) is 14.9 Å². The summed E-state index contributed by atoms with van der Waals surface area (Å²) in [5.74, 6) is 2.61. The average molecular weight is 275 g/mol. The van der Waals surface area contributed by atoms with E-state index in [0.717, 1.165) is 29.4 Å². The van der Waals surface area contributed by atoms with Gasteiger partial charge in [-0.25, -0.2) is 4.98 Å². The SMILES string of the molecule is CNC(Cn1ccnc1C)c1ccc(OC)cc1OC. The lowest BCUT2D eigenvalue weighted by atomic mass is 10.1. The van der Waals surface area contributed by atoms with Gasteiger partial charge in [0, 0.05) is 30.6 Å². The summed E-state index contributed by atoms with van der Waals surface area (Å²) >= 11 is 0. The zero-order chi connectivity index (χ0) is 14.5. The first-order valence-corrected chi connectivity index (χ1v) is 6.56. The van der Waals surface area contributed by atoms with E-state index in [1.165, 1.54) is 0 Å². The molecule has 108 valence electrons. The molecule has 0 aliphatic heterocycles. The third-order valence-corrected chi connectivity index (χ3v) is 3.47. The molecule has 2 rings (SSSR count). The van der Waals surface area contributed by atoms with Crippen molar-refractivity contribution >= 4 is 0 Å². The second-order valence-electron chi connectivity index (χ2n) is 4.58. The van der Waals surface area contributed by atoms with Crippen LogP contribution >= 0.6 is 0 Å². The predicted octanol–water partition coefficient (Wildman–Crippen LogP) is 2.17. The fourth-order valence-corrected chi connectivity index (χ4v) is 2.24. The van der Waals surface area contributed by atoms with Gasteiger partial charge in [-0.3, -0.25) is 0 Å². The van der Waals surface area contributed by atoms with Crippen LogP contribution in [0.1, 0.15) is 17.4 Å². The molecule has 0 saturated carbocycles. The van der Waals surface area contributed by atoms with Gasteiger partial charge in [-0.15, -0.1) is 0 Å². The lowest BCUT2D eigenvalue weighted by Crippen LogP contribution is -2.22. The van der Waals surface area contributed by atoms with Gasteiger partial charge in [0.15, 0.2) is 0 Å². The van der Waals surface area contributed by atoms with Crippen molar-refractivity contribution < 1.29 is 9.47 Å². The van der Waals surface area contributed by atoms with E-state index in [-0.39, 0.29) is 6.04 Å². The van der Waals surface area contributed by atoms with Crippen LogP contribution in [0.25, 0.3) is 0 Å². The minimum absolute atomic E-state index is 0.142. The third kappa shape index (κ3) is 2.93. The van der Waals surface area contributed by atoms with Gasteiger partial charge in [-0.2, -0.15) is 0 Å². The van der Waals surface area contributed by atoms with E-state index in [2.05, 4.69) is 14.9 Å². The first-order chi connectivity index (χ1) is 9.69. The molecule has 5 nitrogen and oxygen atoms in total. The molecular weight excluding hydrogens is 254 g/mol. The molecule has 0 radical (unpaired) electrons. The molecule has 20 heavy (non-hydrogen) atoms. The van der Waals surface area contributed by atoms with Crippen LogP contribution in [0.4, 0.5) is 0 Å². The zero-order valence-electron chi connectivity index (χ0n) is 12.4. The number of likely N-dealkylation sites (N-methyl/N-ethyl adjacent to an activating group) is 1. The van der Waals surface area contributed by atoms with Crippen molar-refractivity contribution in [2.75, 3.05) is 21.3 Å². The summed E-state index contributed by atoms with van der Waals surface area (Å²) in [6.45, 7) is 2.79. The molecule has 1 N–H and O–H groups in total. The maximum atomic E-state index is 5.48. The normalized spacial score (nSPS) is 12.2. The molecule has 1 heterocycles. The molecular formula is C15H21N3O2. The highest BCUT2D eigenvalue weighted by Crippen LogP contribution is 2.30. The predicted molar refractivity (Wildman–Crippen MR) is 78.3 cm³/mol. The van der Waals surface area contributed by atoms with E-state index in [9.17, 15) is 0 Å². The summed E-state index contributed by atoms with van der Waals surface area (Å²) in [7, 11) is 5.27. The molecule has 0 aliphatic rings. The number of ether oxygens (including phenoxy) is 2. The number of methoxy groups -OCH3 is 2. The van der Waals surface area contributed by atoms with Gasteiger partial charge in [0.05, 0.1) is 20.3 Å². The minimum Gasteiger partial charge on any atom is -0.497 e. The molecule has 1 aromatic heterocycles. The van der Waals surface area contributed by atoms with Gasteiger partial charge in [0.2, 0.25) is 0 Å². The van der Waals surface area contributed by atoms with Crippen LogP contribution in [-0.4, -0.2) is 30.8 Å². The largest absolute Gasteiger partial charge is 0.497 e. The van der Waals surface area contributed by atoms with Crippen molar-refractivity contribution in [3.8, 4) is 11.5 Å². The van der Waals surface area contributed by atoms with Crippen LogP contribution < -0.4 is 14.8 Å². The van der Waals surface area contributed by atoms with Gasteiger partial charge in [0.1, 0.15) is 17.3 Å². The average Bonchev–Trinajstić information content (AvgIpc) is 2.89. The molecule has 5 heteroatoms. The van der Waals surface area contributed by atoms with Crippen molar-refractivity contribution in [2.45, 2.75) is 19.5 Å². The van der Waals surface area contributed by atoms with E-state index in [4.69, 9.17) is 9.47 Å². The standard InChI is InChI=1S/C15H21N3O2/c1-11-17-7-8-18(11)10-14(16-2)13-6-5-12(19-3)9-15(13)20-4/h5-9,14,16H,10H2,1-4H3. The molecule has 0 bridgehead atoms. The zero-order valence-corrected chi connectivity index (χ0v) is 12.4. The van der Waals surface area contributed by atoms with Gasteiger partial charge < -0.3 is 19.4 Å². The van der Waals surface area contributed by atoms with Crippen molar-refractivity contribution in [1.29, 1.82) is 0 Å². The number of hydrogen-bond donors (Lipinski definition) is 1. The van der Waals surface area contributed by atoms with Crippen molar-refractivity contribution in [3.05, 3.63) is 42.0 Å². The van der Waals surface area contributed by atoms with Gasteiger partial charge in [-0.05, 0) is 26.1 Å². The molecule has 0 fully saturated rings. The number of aromatic nitrogens is 2. The second-order valence-corrected chi connectivity index (χ2v) is 4.58.